The zero-order valence-electron chi connectivity index (χ0n) is 9.23. The third-order valence-corrected chi connectivity index (χ3v) is 3.17. The molecule has 1 heterocycles. The van der Waals surface area contributed by atoms with Crippen LogP contribution in [0.1, 0.15) is 24.2 Å². The fourth-order valence-electron chi connectivity index (χ4n) is 1.82. The molecule has 0 amide bonds. The molecule has 1 saturated carbocycles. The minimum Gasteiger partial charge on any atom is -0.314 e. The van der Waals surface area contributed by atoms with Crippen LogP contribution in [0.4, 0.5) is 13.2 Å². The molecular formula is C10H14F3N3. The van der Waals surface area contributed by atoms with E-state index >= 15 is 0 Å². The average molecular weight is 233 g/mol. The summed E-state index contributed by atoms with van der Waals surface area (Å²) in [4.78, 5) is 0. The zero-order valence-corrected chi connectivity index (χ0v) is 9.23. The second kappa shape index (κ2) is 3.48. The first-order valence-electron chi connectivity index (χ1n) is 5.15. The quantitative estimate of drug-likeness (QED) is 0.861. The van der Waals surface area contributed by atoms with Crippen molar-refractivity contribution in [1.82, 2.24) is 15.1 Å². The molecule has 90 valence electrons. The Morgan fingerprint density at radius 3 is 2.50 bits per heavy atom. The Balaban J connectivity index is 2.19. The van der Waals surface area contributed by atoms with Gasteiger partial charge in [-0.25, -0.2) is 0 Å². The van der Waals surface area contributed by atoms with Crippen molar-refractivity contribution in [2.24, 2.45) is 7.05 Å². The first-order chi connectivity index (χ1) is 7.36. The molecule has 16 heavy (non-hydrogen) atoms. The molecule has 3 nitrogen and oxygen atoms in total. The van der Waals surface area contributed by atoms with Crippen LogP contribution < -0.4 is 5.32 Å². The molecule has 0 aliphatic heterocycles. The average Bonchev–Trinajstić information content (AvgIpc) is 2.85. The fraction of sp³-hybridized carbons (Fsp3) is 0.700. The Kier molecular flexibility index (Phi) is 2.49. The Morgan fingerprint density at radius 1 is 1.50 bits per heavy atom. The number of aryl methyl sites for hydroxylation is 1. The van der Waals surface area contributed by atoms with Gasteiger partial charge in [0, 0.05) is 24.7 Å². The van der Waals surface area contributed by atoms with E-state index in [0.717, 1.165) is 18.9 Å². The summed E-state index contributed by atoms with van der Waals surface area (Å²) in [6.45, 7) is 0. The lowest BCUT2D eigenvalue weighted by molar-refractivity contribution is -0.141. The molecular weight excluding hydrogens is 219 g/mol. The number of halogens is 3. The molecule has 0 unspecified atom stereocenters. The van der Waals surface area contributed by atoms with Gasteiger partial charge in [0.05, 0.1) is 0 Å². The van der Waals surface area contributed by atoms with Gasteiger partial charge in [-0.1, -0.05) is 0 Å². The lowest BCUT2D eigenvalue weighted by atomic mass is 10.1. The molecule has 0 spiro atoms. The predicted molar refractivity (Wildman–Crippen MR) is 52.9 cm³/mol. The Bertz CT molecular complexity index is 391. The number of likely N-dealkylation sites (N-methyl/N-ethyl adjacent to an activating group) is 1. The molecule has 0 bridgehead atoms. The first-order valence-corrected chi connectivity index (χ1v) is 5.15. The fourth-order valence-corrected chi connectivity index (χ4v) is 1.82. The van der Waals surface area contributed by atoms with Crippen molar-refractivity contribution in [3.8, 4) is 0 Å². The normalized spacial score (nSPS) is 18.8. The van der Waals surface area contributed by atoms with Crippen molar-refractivity contribution in [2.45, 2.75) is 31.0 Å². The van der Waals surface area contributed by atoms with E-state index in [-0.39, 0.29) is 5.54 Å². The maximum Gasteiger partial charge on any atom is 0.435 e. The number of nitrogens with one attached hydrogen (secondary N) is 1. The Morgan fingerprint density at radius 2 is 2.12 bits per heavy atom. The molecule has 0 saturated heterocycles. The number of rotatable bonds is 3. The van der Waals surface area contributed by atoms with Gasteiger partial charge in [0.15, 0.2) is 5.69 Å². The van der Waals surface area contributed by atoms with E-state index in [1.807, 2.05) is 7.05 Å². The largest absolute Gasteiger partial charge is 0.435 e. The summed E-state index contributed by atoms with van der Waals surface area (Å²) < 4.78 is 38.6. The highest BCUT2D eigenvalue weighted by Gasteiger charge is 2.42. The number of aromatic nitrogens is 2. The van der Waals surface area contributed by atoms with Gasteiger partial charge < -0.3 is 5.32 Å². The predicted octanol–water partition coefficient (Wildman–Crippen LogP) is 1.73. The number of alkyl halides is 3. The molecule has 1 fully saturated rings. The summed E-state index contributed by atoms with van der Waals surface area (Å²) in [5.41, 5.74) is -0.187. The lowest BCUT2D eigenvalue weighted by Crippen LogP contribution is -2.30. The summed E-state index contributed by atoms with van der Waals surface area (Å²) >= 11 is 0. The Hall–Kier alpha value is -1.04. The van der Waals surface area contributed by atoms with Crippen molar-refractivity contribution in [2.75, 3.05) is 7.05 Å². The van der Waals surface area contributed by atoms with Crippen LogP contribution in [0.2, 0.25) is 0 Å². The maximum absolute atomic E-state index is 12.4. The zero-order chi connectivity index (χ0) is 12.0. The van der Waals surface area contributed by atoms with Crippen LogP contribution in [-0.2, 0) is 19.6 Å². The van der Waals surface area contributed by atoms with Crippen molar-refractivity contribution in [1.29, 1.82) is 0 Å². The first kappa shape index (κ1) is 11.4. The van der Waals surface area contributed by atoms with Crippen molar-refractivity contribution in [3.05, 3.63) is 17.5 Å². The van der Waals surface area contributed by atoms with Gasteiger partial charge >= 0.3 is 6.18 Å². The molecule has 1 aromatic rings. The third-order valence-electron chi connectivity index (χ3n) is 3.17. The summed E-state index contributed by atoms with van der Waals surface area (Å²) in [6.07, 6.45) is -1.73. The van der Waals surface area contributed by atoms with Gasteiger partial charge in [0.2, 0.25) is 0 Å². The van der Waals surface area contributed by atoms with E-state index in [2.05, 4.69) is 10.4 Å². The van der Waals surface area contributed by atoms with Gasteiger partial charge in [0.1, 0.15) is 0 Å². The van der Waals surface area contributed by atoms with Gasteiger partial charge in [-0.2, -0.15) is 18.3 Å². The molecule has 1 aliphatic rings. The SMILES string of the molecule is CNC1(Cc2cc(C(F)(F)F)nn2C)CC1. The molecule has 0 aromatic carbocycles. The van der Waals surface area contributed by atoms with Crippen LogP contribution in [0.15, 0.2) is 6.07 Å². The van der Waals surface area contributed by atoms with Gasteiger partial charge in [0.25, 0.3) is 0 Å². The van der Waals surface area contributed by atoms with E-state index in [0.29, 0.717) is 12.1 Å². The standard InChI is InChI=1S/C10H14F3N3/c1-14-9(3-4-9)6-7-5-8(10(11,12)13)15-16(7)2/h5,14H,3-4,6H2,1-2H3. The van der Waals surface area contributed by atoms with Crippen LogP contribution in [0, 0.1) is 0 Å². The molecule has 1 N–H and O–H groups in total. The third kappa shape index (κ3) is 2.07. The van der Waals surface area contributed by atoms with Gasteiger partial charge in [-0.15, -0.1) is 0 Å². The highest BCUT2D eigenvalue weighted by atomic mass is 19.4. The summed E-state index contributed by atoms with van der Waals surface area (Å²) in [5, 5.41) is 6.65. The van der Waals surface area contributed by atoms with E-state index in [1.165, 1.54) is 4.68 Å². The highest BCUT2D eigenvalue weighted by Crippen LogP contribution is 2.38. The van der Waals surface area contributed by atoms with Gasteiger partial charge in [-0.05, 0) is 26.0 Å². The smallest absolute Gasteiger partial charge is 0.314 e. The molecule has 0 atom stereocenters. The van der Waals surface area contributed by atoms with Crippen LogP contribution in [-0.4, -0.2) is 22.4 Å². The van der Waals surface area contributed by atoms with E-state index in [4.69, 9.17) is 0 Å². The number of hydrogen-bond acceptors (Lipinski definition) is 2. The monoisotopic (exact) mass is 233 g/mol. The Labute approximate surface area is 91.6 Å². The van der Waals surface area contributed by atoms with Crippen molar-refractivity contribution >= 4 is 0 Å². The number of nitrogens with zero attached hydrogens (tertiary/aromatic N) is 2. The summed E-state index contributed by atoms with van der Waals surface area (Å²) in [7, 11) is 3.39. The second-order valence-electron chi connectivity index (χ2n) is 4.35. The topological polar surface area (TPSA) is 29.9 Å². The molecule has 1 aromatic heterocycles. The summed E-state index contributed by atoms with van der Waals surface area (Å²) in [5.74, 6) is 0. The minimum absolute atomic E-state index is 0.00331. The maximum atomic E-state index is 12.4. The summed E-state index contributed by atoms with van der Waals surface area (Å²) in [6, 6.07) is 1.14. The highest BCUT2D eigenvalue weighted by molar-refractivity contribution is 5.19. The molecule has 0 radical (unpaired) electrons. The lowest BCUT2D eigenvalue weighted by Gasteiger charge is -2.13. The van der Waals surface area contributed by atoms with Crippen LogP contribution in [0.5, 0.6) is 0 Å². The number of hydrogen-bond donors (Lipinski definition) is 1. The minimum atomic E-state index is -4.35. The van der Waals surface area contributed by atoms with Crippen LogP contribution in [0.3, 0.4) is 0 Å². The van der Waals surface area contributed by atoms with Gasteiger partial charge in [-0.3, -0.25) is 4.68 Å². The van der Waals surface area contributed by atoms with E-state index < -0.39 is 11.9 Å². The second-order valence-corrected chi connectivity index (χ2v) is 4.35. The molecule has 6 heteroatoms. The van der Waals surface area contributed by atoms with E-state index in [9.17, 15) is 13.2 Å². The van der Waals surface area contributed by atoms with Crippen molar-refractivity contribution in [3.63, 3.8) is 0 Å². The van der Waals surface area contributed by atoms with Crippen molar-refractivity contribution < 1.29 is 13.2 Å². The van der Waals surface area contributed by atoms with Crippen LogP contribution >= 0.6 is 0 Å². The molecule has 1 aliphatic carbocycles. The van der Waals surface area contributed by atoms with Crippen LogP contribution in [0.25, 0.3) is 0 Å². The van der Waals surface area contributed by atoms with E-state index in [1.54, 1.807) is 7.05 Å². The molecule has 2 rings (SSSR count).